The van der Waals surface area contributed by atoms with E-state index in [4.69, 9.17) is 11.4 Å². The van der Waals surface area contributed by atoms with Gasteiger partial charge in [0.1, 0.15) is 0 Å². The van der Waals surface area contributed by atoms with Gasteiger partial charge in [0.25, 0.3) is 0 Å². The zero-order chi connectivity index (χ0) is 4.12. The Bertz CT molecular complexity index is 17.0. The minimum Gasteiger partial charge on any atom is -0.374 e. The minimum absolute atomic E-state index is 0. The maximum atomic E-state index is 5.03. The largest absolute Gasteiger partial charge is 0.374 e. The highest BCUT2D eigenvalue weighted by Gasteiger charge is 1.72. The molecule has 0 saturated carbocycles. The molecular formula is C2H8B2N2. The Morgan fingerprint density at radius 1 is 1.50 bits per heavy atom. The third-order valence-corrected chi connectivity index (χ3v) is 0.333. The zero-order valence-electron chi connectivity index (χ0n) is 3.72. The van der Waals surface area contributed by atoms with Gasteiger partial charge in [0.2, 0.25) is 7.41 Å². The molecule has 0 amide bonds. The van der Waals surface area contributed by atoms with Crippen LogP contribution in [0, 0.1) is 0 Å². The first-order valence-corrected chi connectivity index (χ1v) is 1.65. The molecule has 0 unspecified atom stereocenters. The van der Waals surface area contributed by atoms with Crippen LogP contribution in [0.2, 0.25) is 6.32 Å². The first kappa shape index (κ1) is 9.41. The average Bonchev–Trinajstić information content (AvgIpc) is 1.41. The molecule has 2 nitrogen and oxygen atoms in total. The highest BCUT2D eigenvalue weighted by atomic mass is 14.5. The molecular weight excluding hydrogens is 73.7 g/mol. The Balaban J connectivity index is 0. The van der Waals surface area contributed by atoms with Crippen LogP contribution in [0.5, 0.6) is 0 Å². The fraction of sp³-hybridized carbons (Fsp3) is 1.00. The highest BCUT2D eigenvalue weighted by Crippen LogP contribution is 1.57. The van der Waals surface area contributed by atoms with E-state index in [9.17, 15) is 0 Å². The number of rotatable bonds is 2. The molecule has 0 aliphatic carbocycles. The fourth-order valence-electron chi connectivity index (χ4n) is 0.0962. The van der Waals surface area contributed by atoms with E-state index < -0.39 is 0 Å². The molecule has 4 radical (unpaired) electrons. The highest BCUT2D eigenvalue weighted by molar-refractivity contribution is 6.30. The van der Waals surface area contributed by atoms with Gasteiger partial charge in [0.15, 0.2) is 0 Å². The molecule has 6 heavy (non-hydrogen) atoms. The molecule has 4 N–H and O–H groups in total. The quantitative estimate of drug-likeness (QED) is 0.400. The summed E-state index contributed by atoms with van der Waals surface area (Å²) in [5.74, 6) is 0. The molecule has 0 aliphatic rings. The Morgan fingerprint density at radius 2 is 2.00 bits per heavy atom. The summed E-state index contributed by atoms with van der Waals surface area (Å²) < 4.78 is 0. The van der Waals surface area contributed by atoms with Gasteiger partial charge in [0, 0.05) is 8.41 Å². The molecule has 0 saturated heterocycles. The van der Waals surface area contributed by atoms with E-state index in [1.54, 1.807) is 7.41 Å². The van der Waals surface area contributed by atoms with Gasteiger partial charge in [-0.1, -0.05) is 6.32 Å². The normalized spacial score (nSPS) is 6.33. The summed E-state index contributed by atoms with van der Waals surface area (Å²) in [6.45, 7) is 0.663. The van der Waals surface area contributed by atoms with Crippen molar-refractivity contribution < 1.29 is 0 Å². The van der Waals surface area contributed by atoms with Crippen molar-refractivity contribution in [2.45, 2.75) is 6.32 Å². The number of nitrogens with two attached hydrogens (primary N) is 2. The molecule has 0 aromatic heterocycles. The van der Waals surface area contributed by atoms with E-state index in [-0.39, 0.29) is 8.41 Å². The van der Waals surface area contributed by atoms with Crippen LogP contribution in [0.4, 0.5) is 0 Å². The summed E-state index contributed by atoms with van der Waals surface area (Å²) >= 11 is 0. The van der Waals surface area contributed by atoms with Crippen LogP contribution in [-0.2, 0) is 0 Å². The lowest BCUT2D eigenvalue weighted by Gasteiger charge is -1.78. The summed E-state index contributed by atoms with van der Waals surface area (Å²) in [6, 6.07) is 0. The third-order valence-electron chi connectivity index (χ3n) is 0.333. The van der Waals surface area contributed by atoms with Crippen LogP contribution < -0.4 is 11.4 Å². The number of hydrogen-bond acceptors (Lipinski definition) is 2. The lowest BCUT2D eigenvalue weighted by Crippen LogP contribution is -2.09. The van der Waals surface area contributed by atoms with Gasteiger partial charge in [-0.15, -0.1) is 0 Å². The van der Waals surface area contributed by atoms with E-state index in [0.717, 1.165) is 6.32 Å². The van der Waals surface area contributed by atoms with Gasteiger partial charge >= 0.3 is 0 Å². The molecule has 0 atom stereocenters. The Labute approximate surface area is 41.1 Å². The van der Waals surface area contributed by atoms with Crippen LogP contribution in [0.25, 0.3) is 0 Å². The van der Waals surface area contributed by atoms with Crippen molar-refractivity contribution in [3.8, 4) is 0 Å². The standard InChI is InChI=1S/C2H8BN2.B/c4-2-1-3-5;/h1-2,4-5H2;. The molecule has 0 aromatic carbocycles. The molecule has 32 valence electrons. The lowest BCUT2D eigenvalue weighted by atomic mass is 9.92. The molecule has 0 bridgehead atoms. The van der Waals surface area contributed by atoms with Crippen molar-refractivity contribution >= 4 is 15.8 Å². The van der Waals surface area contributed by atoms with Gasteiger partial charge in [0.05, 0.1) is 0 Å². The lowest BCUT2D eigenvalue weighted by molar-refractivity contribution is 1.12. The first-order valence-electron chi connectivity index (χ1n) is 1.65. The van der Waals surface area contributed by atoms with Crippen LogP contribution in [0.1, 0.15) is 0 Å². The Morgan fingerprint density at radius 3 is 2.00 bits per heavy atom. The summed E-state index contributed by atoms with van der Waals surface area (Å²) in [4.78, 5) is 0. The van der Waals surface area contributed by atoms with Gasteiger partial charge < -0.3 is 11.4 Å². The summed E-state index contributed by atoms with van der Waals surface area (Å²) in [7, 11) is 1.56. The third kappa shape index (κ3) is 8.97. The van der Waals surface area contributed by atoms with Crippen molar-refractivity contribution in [2.24, 2.45) is 11.4 Å². The van der Waals surface area contributed by atoms with E-state index in [1.807, 2.05) is 0 Å². The van der Waals surface area contributed by atoms with Gasteiger partial charge in [-0.3, -0.25) is 0 Å². The molecule has 0 aliphatic heterocycles. The number of hydrogen-bond donors (Lipinski definition) is 2. The summed E-state index contributed by atoms with van der Waals surface area (Å²) in [5, 5.41) is 0. The van der Waals surface area contributed by atoms with Crippen molar-refractivity contribution in [3.63, 3.8) is 0 Å². The SMILES string of the molecule is N[B]CCN.[B]. The molecule has 0 spiro atoms. The summed E-state index contributed by atoms with van der Waals surface area (Å²) in [6.07, 6.45) is 0.819. The van der Waals surface area contributed by atoms with Gasteiger partial charge in [-0.05, 0) is 6.54 Å². The van der Waals surface area contributed by atoms with Crippen LogP contribution in [0.15, 0.2) is 0 Å². The fourth-order valence-corrected chi connectivity index (χ4v) is 0.0962. The van der Waals surface area contributed by atoms with E-state index in [2.05, 4.69) is 0 Å². The predicted molar refractivity (Wildman–Crippen MR) is 29.6 cm³/mol. The molecule has 0 heterocycles. The van der Waals surface area contributed by atoms with E-state index in [1.165, 1.54) is 0 Å². The minimum atomic E-state index is 0. The second-order valence-electron chi connectivity index (χ2n) is 0.813. The van der Waals surface area contributed by atoms with Crippen LogP contribution in [0.3, 0.4) is 0 Å². The van der Waals surface area contributed by atoms with Crippen molar-refractivity contribution in [2.75, 3.05) is 6.54 Å². The van der Waals surface area contributed by atoms with E-state index >= 15 is 0 Å². The van der Waals surface area contributed by atoms with Crippen molar-refractivity contribution in [1.82, 2.24) is 0 Å². The average molecular weight is 81.7 g/mol. The van der Waals surface area contributed by atoms with Crippen molar-refractivity contribution in [3.05, 3.63) is 0 Å². The zero-order valence-corrected chi connectivity index (χ0v) is 3.72. The monoisotopic (exact) mass is 82.1 g/mol. The second kappa shape index (κ2) is 8.90. The first-order chi connectivity index (χ1) is 2.41. The summed E-state index contributed by atoms with van der Waals surface area (Å²) in [5.41, 5.74) is 9.96. The predicted octanol–water partition coefficient (Wildman–Crippen LogP) is -1.44. The van der Waals surface area contributed by atoms with Crippen LogP contribution in [-0.4, -0.2) is 22.4 Å². The van der Waals surface area contributed by atoms with E-state index in [0.29, 0.717) is 6.54 Å². The van der Waals surface area contributed by atoms with Gasteiger partial charge in [-0.25, -0.2) is 0 Å². The second-order valence-corrected chi connectivity index (χ2v) is 0.813. The Kier molecular flexibility index (Phi) is 14.0. The van der Waals surface area contributed by atoms with Crippen molar-refractivity contribution in [1.29, 1.82) is 0 Å². The topological polar surface area (TPSA) is 52.0 Å². The smallest absolute Gasteiger partial charge is 0.203 e. The molecule has 0 rings (SSSR count). The molecule has 4 heteroatoms. The molecule has 0 aromatic rings. The van der Waals surface area contributed by atoms with Crippen LogP contribution >= 0.6 is 0 Å². The maximum absolute atomic E-state index is 5.03. The Hall–Kier alpha value is 0.0499. The maximum Gasteiger partial charge on any atom is 0.203 e. The van der Waals surface area contributed by atoms with Gasteiger partial charge in [-0.2, -0.15) is 0 Å². The molecule has 0 fully saturated rings.